The van der Waals surface area contributed by atoms with Crippen molar-refractivity contribution in [2.45, 2.75) is 39.3 Å². The highest BCUT2D eigenvalue weighted by Crippen LogP contribution is 2.14. The van der Waals surface area contributed by atoms with E-state index in [1.165, 1.54) is 0 Å². The number of amides is 2. The highest BCUT2D eigenvalue weighted by molar-refractivity contribution is 5.71. The van der Waals surface area contributed by atoms with Gasteiger partial charge in [-0.05, 0) is 38.8 Å². The molecule has 1 rings (SSSR count). The van der Waals surface area contributed by atoms with Gasteiger partial charge in [-0.15, -0.1) is 0 Å². The molecule has 0 bridgehead atoms. The van der Waals surface area contributed by atoms with Gasteiger partial charge in [0.2, 0.25) is 0 Å². The lowest BCUT2D eigenvalue weighted by molar-refractivity contribution is 0.241. The topological polar surface area (TPSA) is 77.2 Å². The Balaban J connectivity index is 2.54. The van der Waals surface area contributed by atoms with Gasteiger partial charge in [-0.3, -0.25) is 4.98 Å². The lowest BCUT2D eigenvalue weighted by atomic mass is 10.2. The summed E-state index contributed by atoms with van der Waals surface area (Å²) >= 11 is 0. The molecule has 2 amide bonds. The number of carbonyl (C=O) groups excluding carboxylic acids is 1. The predicted octanol–water partition coefficient (Wildman–Crippen LogP) is 2.33. The number of hydrogen-bond acceptors (Lipinski definition) is 3. The highest BCUT2D eigenvalue weighted by Gasteiger charge is 2.01. The number of pyridine rings is 1. The summed E-state index contributed by atoms with van der Waals surface area (Å²) in [5.41, 5.74) is 6.00. The van der Waals surface area contributed by atoms with Gasteiger partial charge in [0.25, 0.3) is 0 Å². The third kappa shape index (κ3) is 6.45. The molecule has 0 spiro atoms. The van der Waals surface area contributed by atoms with Crippen LogP contribution in [0.2, 0.25) is 0 Å². The average molecular weight is 263 g/mol. The van der Waals surface area contributed by atoms with Crippen molar-refractivity contribution >= 4 is 12.1 Å². The van der Waals surface area contributed by atoms with Gasteiger partial charge < -0.3 is 15.8 Å². The summed E-state index contributed by atoms with van der Waals surface area (Å²) in [4.78, 5) is 14.8. The fourth-order valence-corrected chi connectivity index (χ4v) is 1.57. The molecular formula is C14H21N3O2. The van der Waals surface area contributed by atoms with E-state index in [1.807, 2.05) is 39.0 Å². The molecule has 0 aliphatic rings. The average Bonchev–Trinajstić information content (AvgIpc) is 2.27. The zero-order valence-corrected chi connectivity index (χ0v) is 11.6. The minimum absolute atomic E-state index is 0.0109. The molecule has 104 valence electrons. The van der Waals surface area contributed by atoms with Crippen LogP contribution in [0.1, 0.15) is 32.8 Å². The first-order valence-corrected chi connectivity index (χ1v) is 6.31. The van der Waals surface area contributed by atoms with Crippen LogP contribution in [0.4, 0.5) is 4.79 Å². The Morgan fingerprint density at radius 3 is 2.84 bits per heavy atom. The summed E-state index contributed by atoms with van der Waals surface area (Å²) in [6, 6.07) is 1.43. The maximum Gasteiger partial charge on any atom is 0.312 e. The number of ether oxygens (including phenoxy) is 1. The number of urea groups is 1. The number of hydrogen-bond donors (Lipinski definition) is 2. The van der Waals surface area contributed by atoms with Gasteiger partial charge in [0.15, 0.2) is 0 Å². The fraction of sp³-hybridized carbons (Fsp3) is 0.429. The largest absolute Gasteiger partial charge is 0.489 e. The maximum absolute atomic E-state index is 10.7. The van der Waals surface area contributed by atoms with Crippen LogP contribution >= 0.6 is 0 Å². The lowest BCUT2D eigenvalue weighted by Crippen LogP contribution is -2.36. The second kappa shape index (κ2) is 7.41. The van der Waals surface area contributed by atoms with Crippen LogP contribution < -0.4 is 15.8 Å². The standard InChI is InChI=1S/C14H21N3O2/c1-10(2)19-13-7-12(8-16-9-13)6-4-5-11(3)17-14(15)18/h4,6-11H,5H2,1-3H3,(H3,15,17,18)/b6-4+. The van der Waals surface area contributed by atoms with Gasteiger partial charge in [0.05, 0.1) is 12.3 Å². The molecule has 0 aromatic carbocycles. The van der Waals surface area contributed by atoms with E-state index in [2.05, 4.69) is 10.3 Å². The molecule has 0 saturated carbocycles. The van der Waals surface area contributed by atoms with Crippen molar-refractivity contribution in [1.82, 2.24) is 10.3 Å². The molecule has 1 heterocycles. The molecule has 0 aliphatic heterocycles. The third-order valence-corrected chi connectivity index (χ3v) is 2.29. The zero-order valence-electron chi connectivity index (χ0n) is 11.6. The number of aromatic nitrogens is 1. The minimum atomic E-state index is -0.505. The number of nitrogens with two attached hydrogens (primary N) is 1. The van der Waals surface area contributed by atoms with Gasteiger partial charge in [0, 0.05) is 12.2 Å². The smallest absolute Gasteiger partial charge is 0.312 e. The van der Waals surface area contributed by atoms with Gasteiger partial charge in [-0.25, -0.2) is 4.79 Å². The summed E-state index contributed by atoms with van der Waals surface area (Å²) in [5, 5.41) is 2.61. The van der Waals surface area contributed by atoms with E-state index in [9.17, 15) is 4.79 Å². The van der Waals surface area contributed by atoms with Crippen LogP contribution in [-0.2, 0) is 0 Å². The second-order valence-electron chi connectivity index (χ2n) is 4.67. The van der Waals surface area contributed by atoms with E-state index < -0.39 is 6.03 Å². The van der Waals surface area contributed by atoms with Crippen molar-refractivity contribution in [3.05, 3.63) is 30.1 Å². The molecule has 5 nitrogen and oxygen atoms in total. The molecule has 3 N–H and O–H groups in total. The van der Waals surface area contributed by atoms with Gasteiger partial charge >= 0.3 is 6.03 Å². The quantitative estimate of drug-likeness (QED) is 0.827. The zero-order chi connectivity index (χ0) is 14.3. The Morgan fingerprint density at radius 1 is 1.47 bits per heavy atom. The van der Waals surface area contributed by atoms with Crippen LogP contribution in [0.3, 0.4) is 0 Å². The third-order valence-electron chi connectivity index (χ3n) is 2.29. The molecule has 0 radical (unpaired) electrons. The molecule has 5 heteroatoms. The van der Waals surface area contributed by atoms with Crippen LogP contribution in [0.15, 0.2) is 24.5 Å². The van der Waals surface area contributed by atoms with Crippen molar-refractivity contribution in [1.29, 1.82) is 0 Å². The van der Waals surface area contributed by atoms with Gasteiger partial charge in [-0.1, -0.05) is 12.2 Å². The molecule has 0 saturated heterocycles. The van der Waals surface area contributed by atoms with Crippen molar-refractivity contribution in [3.63, 3.8) is 0 Å². The molecule has 1 unspecified atom stereocenters. The molecule has 1 aromatic rings. The maximum atomic E-state index is 10.7. The SMILES string of the molecule is CC(C/C=C/c1cncc(OC(C)C)c1)NC(N)=O. The Labute approximate surface area is 113 Å². The van der Waals surface area contributed by atoms with Crippen molar-refractivity contribution in [3.8, 4) is 5.75 Å². The first kappa shape index (κ1) is 15.0. The Bertz CT molecular complexity index is 444. The monoisotopic (exact) mass is 263 g/mol. The van der Waals surface area contributed by atoms with E-state index >= 15 is 0 Å². The van der Waals surface area contributed by atoms with E-state index in [0.717, 1.165) is 11.3 Å². The number of carbonyl (C=O) groups is 1. The predicted molar refractivity (Wildman–Crippen MR) is 75.8 cm³/mol. The van der Waals surface area contributed by atoms with E-state index in [0.29, 0.717) is 6.42 Å². The Morgan fingerprint density at radius 2 is 2.21 bits per heavy atom. The molecule has 0 fully saturated rings. The van der Waals surface area contributed by atoms with Crippen molar-refractivity contribution in [2.75, 3.05) is 0 Å². The Hall–Kier alpha value is -2.04. The fourth-order valence-electron chi connectivity index (χ4n) is 1.57. The number of primary amides is 1. The molecular weight excluding hydrogens is 242 g/mol. The van der Waals surface area contributed by atoms with E-state index in [-0.39, 0.29) is 12.1 Å². The summed E-state index contributed by atoms with van der Waals surface area (Å²) in [6.07, 6.45) is 8.19. The Kier molecular flexibility index (Phi) is 5.85. The first-order chi connectivity index (χ1) is 8.97. The van der Waals surface area contributed by atoms with Crippen LogP contribution in [0.25, 0.3) is 6.08 Å². The van der Waals surface area contributed by atoms with Crippen LogP contribution in [0.5, 0.6) is 5.75 Å². The summed E-state index contributed by atoms with van der Waals surface area (Å²) in [5.74, 6) is 0.750. The van der Waals surface area contributed by atoms with Crippen LogP contribution in [-0.4, -0.2) is 23.2 Å². The molecule has 0 aliphatic carbocycles. The number of rotatable bonds is 6. The normalized spacial score (nSPS) is 12.6. The van der Waals surface area contributed by atoms with Crippen LogP contribution in [0, 0.1) is 0 Å². The summed E-state index contributed by atoms with van der Waals surface area (Å²) < 4.78 is 5.56. The highest BCUT2D eigenvalue weighted by atomic mass is 16.5. The number of nitrogens with zero attached hydrogens (tertiary/aromatic N) is 1. The summed E-state index contributed by atoms with van der Waals surface area (Å²) in [7, 11) is 0. The van der Waals surface area contributed by atoms with Crippen molar-refractivity contribution < 1.29 is 9.53 Å². The first-order valence-electron chi connectivity index (χ1n) is 6.31. The van der Waals surface area contributed by atoms with E-state index in [4.69, 9.17) is 10.5 Å². The molecule has 19 heavy (non-hydrogen) atoms. The molecule has 1 aromatic heterocycles. The van der Waals surface area contributed by atoms with Gasteiger partial charge in [-0.2, -0.15) is 0 Å². The minimum Gasteiger partial charge on any atom is -0.489 e. The summed E-state index contributed by atoms with van der Waals surface area (Å²) in [6.45, 7) is 5.84. The van der Waals surface area contributed by atoms with E-state index in [1.54, 1.807) is 12.4 Å². The molecule has 1 atom stereocenters. The second-order valence-corrected chi connectivity index (χ2v) is 4.67. The van der Waals surface area contributed by atoms with Crippen molar-refractivity contribution in [2.24, 2.45) is 5.73 Å². The van der Waals surface area contributed by atoms with Gasteiger partial charge in [0.1, 0.15) is 5.75 Å². The lowest BCUT2D eigenvalue weighted by Gasteiger charge is -2.09. The number of nitrogens with one attached hydrogen (secondary N) is 1.